The smallest absolute Gasteiger partial charge is 0.0726 e. The van der Waals surface area contributed by atoms with Gasteiger partial charge in [-0.15, -0.1) is 0 Å². The molecule has 70 heavy (non-hydrogen) atoms. The molecule has 0 aliphatic heterocycles. The summed E-state index contributed by atoms with van der Waals surface area (Å²) in [6.45, 7) is 0. The van der Waals surface area contributed by atoms with Crippen LogP contribution in [0, 0.1) is 5.92 Å². The van der Waals surface area contributed by atoms with Gasteiger partial charge in [0.2, 0.25) is 0 Å². The third-order valence-corrected chi connectivity index (χ3v) is 17.4. The summed E-state index contributed by atoms with van der Waals surface area (Å²) in [4.78, 5) is 4.01. The summed E-state index contributed by atoms with van der Waals surface area (Å²) in [5.74, 6) is 0.650. The molecule has 2 heteroatoms. The van der Waals surface area contributed by atoms with E-state index in [1.807, 2.05) is 0 Å². The Balaban J connectivity index is 0.882. The summed E-state index contributed by atoms with van der Waals surface area (Å²) in [7, 11) is 0. The Morgan fingerprint density at radius 2 is 0.986 bits per heavy atom. The van der Waals surface area contributed by atoms with E-state index in [9.17, 15) is 0 Å². The van der Waals surface area contributed by atoms with Crippen molar-refractivity contribution in [3.63, 3.8) is 0 Å². The zero-order chi connectivity index (χ0) is 45.5. The summed E-state index contributed by atoms with van der Waals surface area (Å²) in [6, 6.07) is 80.8. The van der Waals surface area contributed by atoms with Crippen molar-refractivity contribution in [1.29, 1.82) is 0 Å². The van der Waals surface area contributed by atoms with Crippen LogP contribution in [0.5, 0.6) is 0 Å². The van der Waals surface area contributed by atoms with Gasteiger partial charge in [-0.25, -0.2) is 0 Å². The minimum absolute atomic E-state index is 0.256. The lowest BCUT2D eigenvalue weighted by Gasteiger charge is -2.36. The van der Waals surface area contributed by atoms with Gasteiger partial charge >= 0.3 is 0 Å². The third kappa shape index (κ3) is 4.26. The number of benzene rings is 10. The number of H-pyrrole nitrogens is 1. The van der Waals surface area contributed by atoms with Gasteiger partial charge in [-0.3, -0.25) is 0 Å². The van der Waals surface area contributed by atoms with Crippen LogP contribution in [0.3, 0.4) is 0 Å². The van der Waals surface area contributed by atoms with E-state index in [0.29, 0.717) is 11.8 Å². The number of aromatic nitrogens is 2. The van der Waals surface area contributed by atoms with Gasteiger partial charge in [0.1, 0.15) is 0 Å². The van der Waals surface area contributed by atoms with Crippen molar-refractivity contribution < 1.29 is 0 Å². The fraction of sp³-hybridized carbons (Fsp3) is 0.0588. The number of rotatable bonds is 2. The Kier molecular flexibility index (Phi) is 6.96. The van der Waals surface area contributed by atoms with Crippen LogP contribution in [-0.4, -0.2) is 9.55 Å². The van der Waals surface area contributed by atoms with Crippen LogP contribution in [0.1, 0.15) is 50.4 Å². The Morgan fingerprint density at radius 3 is 1.76 bits per heavy atom. The Bertz CT molecular complexity index is 4340. The Hall–Kier alpha value is -8.72. The zero-order valence-electron chi connectivity index (χ0n) is 38.1. The van der Waals surface area contributed by atoms with E-state index in [4.69, 9.17) is 0 Å². The molecule has 5 aliphatic carbocycles. The van der Waals surface area contributed by atoms with Gasteiger partial charge in [0, 0.05) is 55.7 Å². The van der Waals surface area contributed by atoms with Crippen molar-refractivity contribution in [3.8, 4) is 50.2 Å². The number of para-hydroxylation sites is 1. The van der Waals surface area contributed by atoms with E-state index in [2.05, 4.69) is 246 Å². The molecular weight excluding hydrogens is 845 g/mol. The van der Waals surface area contributed by atoms with Crippen molar-refractivity contribution in [2.75, 3.05) is 0 Å². The predicted octanol–water partition coefficient (Wildman–Crippen LogP) is 16.6. The number of hydrogen-bond acceptors (Lipinski definition) is 0. The van der Waals surface area contributed by atoms with Crippen molar-refractivity contribution in [2.24, 2.45) is 5.92 Å². The van der Waals surface area contributed by atoms with Crippen LogP contribution in [0.4, 0.5) is 0 Å². The molecular formula is C68H42N2. The maximum Gasteiger partial charge on any atom is 0.0726 e. The lowest BCUT2D eigenvalue weighted by Crippen LogP contribution is -2.32. The monoisotopic (exact) mass is 886 g/mol. The maximum atomic E-state index is 4.01. The summed E-state index contributed by atoms with van der Waals surface area (Å²) >= 11 is 0. The molecule has 0 radical (unpaired) electrons. The number of nitrogens with zero attached hydrogens (tertiary/aromatic N) is 1. The highest BCUT2D eigenvalue weighted by Gasteiger charge is 2.57. The van der Waals surface area contributed by atoms with E-state index >= 15 is 0 Å². The molecule has 0 saturated heterocycles. The molecule has 0 amide bonds. The Morgan fingerprint density at radius 1 is 0.400 bits per heavy atom. The standard InChI is InChI=1S/C68H42N2/c1-2-16-42(17-3-1)70-62-37-31-41(39-52(62)48-33-35-60-64(66(48)70)50-23-9-15-29-58(50)68(60)55-26-12-6-20-45(55)46-21-7-13-27-56(46)68)40-30-36-61-51(38-40)47-32-34-59-63(65(47)69-61)49-22-8-14-28-57(49)67(59)53-24-10-4-18-43(53)44-19-5-11-25-54(44)67/h1-39,43,53,69H. The highest BCUT2D eigenvalue weighted by atomic mass is 15.0. The van der Waals surface area contributed by atoms with Crippen LogP contribution in [0.15, 0.2) is 237 Å². The molecule has 3 unspecified atom stereocenters. The van der Waals surface area contributed by atoms with Gasteiger partial charge in [-0.1, -0.05) is 200 Å². The number of nitrogens with one attached hydrogen (secondary N) is 1. The molecule has 10 aromatic carbocycles. The molecule has 12 aromatic rings. The first-order chi connectivity index (χ1) is 34.7. The second-order valence-corrected chi connectivity index (χ2v) is 20.2. The van der Waals surface area contributed by atoms with E-state index in [-0.39, 0.29) is 5.41 Å². The SMILES string of the molecule is C1=CC2c3ccccc3C3(c4ccccc4-c4c3ccc3c4[nH]c4ccc(-c5ccc6c(c5)c5ccc7c(c5n6-c5ccccc5)-c5ccccc5C75c6ccccc6-c6ccccc65)cc43)C2C=C1. The minimum atomic E-state index is -0.414. The normalized spacial score (nSPS) is 18.9. The van der Waals surface area contributed by atoms with Gasteiger partial charge in [0.25, 0.3) is 0 Å². The van der Waals surface area contributed by atoms with Crippen molar-refractivity contribution >= 4 is 43.6 Å². The molecule has 3 atom stereocenters. The second-order valence-electron chi connectivity index (χ2n) is 20.2. The maximum absolute atomic E-state index is 4.01. The summed E-state index contributed by atoms with van der Waals surface area (Å²) in [5, 5.41) is 5.04. The van der Waals surface area contributed by atoms with Gasteiger partial charge in [-0.05, 0) is 114 Å². The highest BCUT2D eigenvalue weighted by Crippen LogP contribution is 2.67. The van der Waals surface area contributed by atoms with Crippen molar-refractivity contribution in [2.45, 2.75) is 16.7 Å². The first kappa shape index (κ1) is 37.3. The van der Waals surface area contributed by atoms with Crippen LogP contribution >= 0.6 is 0 Å². The topological polar surface area (TPSA) is 20.7 Å². The van der Waals surface area contributed by atoms with Crippen LogP contribution in [0.25, 0.3) is 93.8 Å². The van der Waals surface area contributed by atoms with Gasteiger partial charge in [-0.2, -0.15) is 0 Å². The largest absolute Gasteiger partial charge is 0.354 e. The second kappa shape index (κ2) is 13.1. The molecule has 2 spiro atoms. The molecule has 0 saturated carbocycles. The molecule has 17 rings (SSSR count). The zero-order valence-corrected chi connectivity index (χ0v) is 38.1. The number of allylic oxidation sites excluding steroid dienone is 4. The summed E-state index contributed by atoms with van der Waals surface area (Å²) in [5.41, 5.74) is 26.9. The number of fused-ring (bicyclic) bond motifs is 28. The molecule has 0 bridgehead atoms. The average Bonchev–Trinajstić information content (AvgIpc) is 4.25. The molecule has 2 heterocycles. The molecule has 1 N–H and O–H groups in total. The van der Waals surface area contributed by atoms with Crippen LogP contribution in [0.2, 0.25) is 0 Å². The summed E-state index contributed by atoms with van der Waals surface area (Å²) < 4.78 is 2.54. The molecule has 5 aliphatic rings. The summed E-state index contributed by atoms with van der Waals surface area (Å²) in [6.07, 6.45) is 9.41. The molecule has 0 fully saturated rings. The Labute approximate surface area is 405 Å². The quantitative estimate of drug-likeness (QED) is 0.179. The average molecular weight is 887 g/mol. The highest BCUT2D eigenvalue weighted by molar-refractivity contribution is 6.18. The van der Waals surface area contributed by atoms with Gasteiger partial charge in [0.15, 0.2) is 0 Å². The van der Waals surface area contributed by atoms with E-state index in [1.165, 1.54) is 127 Å². The van der Waals surface area contributed by atoms with Gasteiger partial charge < -0.3 is 9.55 Å². The number of aromatic amines is 1. The van der Waals surface area contributed by atoms with E-state index < -0.39 is 5.41 Å². The third-order valence-electron chi connectivity index (χ3n) is 17.4. The lowest BCUT2D eigenvalue weighted by molar-refractivity contribution is 0.466. The van der Waals surface area contributed by atoms with Crippen molar-refractivity contribution in [3.05, 3.63) is 281 Å². The predicted molar refractivity (Wildman–Crippen MR) is 288 cm³/mol. The fourth-order valence-electron chi connectivity index (χ4n) is 14.9. The van der Waals surface area contributed by atoms with Gasteiger partial charge in [0.05, 0.1) is 27.4 Å². The van der Waals surface area contributed by atoms with E-state index in [1.54, 1.807) is 0 Å². The van der Waals surface area contributed by atoms with Crippen LogP contribution in [-0.2, 0) is 10.8 Å². The first-order valence-electron chi connectivity index (χ1n) is 24.8. The molecule has 2 nitrogen and oxygen atoms in total. The molecule has 324 valence electrons. The number of hydrogen-bond donors (Lipinski definition) is 1. The lowest BCUT2D eigenvalue weighted by atomic mass is 9.65. The first-order valence-corrected chi connectivity index (χ1v) is 24.8. The molecule has 2 aromatic heterocycles. The minimum Gasteiger partial charge on any atom is -0.354 e. The van der Waals surface area contributed by atoms with Crippen LogP contribution < -0.4 is 0 Å². The van der Waals surface area contributed by atoms with E-state index in [0.717, 1.165) is 11.2 Å². The van der Waals surface area contributed by atoms with Crippen molar-refractivity contribution in [1.82, 2.24) is 9.55 Å². The fourth-order valence-corrected chi connectivity index (χ4v) is 14.9.